The zero-order valence-corrected chi connectivity index (χ0v) is 12.9. The monoisotopic (exact) mass is 325 g/mol. The molecule has 0 aliphatic rings. The third-order valence-electron chi connectivity index (χ3n) is 3.67. The van der Waals surface area contributed by atoms with Crippen LogP contribution in [0.2, 0.25) is 0 Å². The summed E-state index contributed by atoms with van der Waals surface area (Å²) in [6.07, 6.45) is 0. The number of fused-ring (bicyclic) bond motifs is 1. The first-order valence-corrected chi connectivity index (χ1v) is 7.26. The van der Waals surface area contributed by atoms with E-state index in [0.717, 1.165) is 16.6 Å². The second-order valence-corrected chi connectivity index (χ2v) is 5.20. The fourth-order valence-electron chi connectivity index (χ4n) is 2.48. The number of rotatable bonds is 5. The summed E-state index contributed by atoms with van der Waals surface area (Å²) in [7, 11) is 1.44. The molecule has 2 aromatic carbocycles. The van der Waals surface area contributed by atoms with Crippen LogP contribution >= 0.6 is 0 Å². The van der Waals surface area contributed by atoms with Crippen LogP contribution in [0.1, 0.15) is 16.1 Å². The first-order valence-electron chi connectivity index (χ1n) is 7.26. The summed E-state index contributed by atoms with van der Waals surface area (Å²) in [6.45, 7) is 0.238. The lowest BCUT2D eigenvalue weighted by Gasteiger charge is -2.07. The minimum absolute atomic E-state index is 0.0320. The van der Waals surface area contributed by atoms with Crippen molar-refractivity contribution in [1.29, 1.82) is 0 Å². The number of aromatic amines is 1. The molecule has 1 aromatic heterocycles. The number of ether oxygens (including phenoxy) is 1. The SMILES string of the molecule is COc1ccc([N+](=O)[O-])c(C(=O)NCc2cc3ccccc3[nH]2)c1. The number of carbonyl (C=O) groups is 1. The number of hydrogen-bond acceptors (Lipinski definition) is 4. The molecular weight excluding hydrogens is 310 g/mol. The Labute approximate surface area is 137 Å². The molecule has 0 bridgehead atoms. The van der Waals surface area contributed by atoms with Crippen LogP contribution in [0.3, 0.4) is 0 Å². The summed E-state index contributed by atoms with van der Waals surface area (Å²) in [4.78, 5) is 26.0. The van der Waals surface area contributed by atoms with Gasteiger partial charge in [-0.15, -0.1) is 0 Å². The third kappa shape index (κ3) is 3.05. The van der Waals surface area contributed by atoms with E-state index in [-0.39, 0.29) is 17.8 Å². The molecule has 3 rings (SSSR count). The Hall–Kier alpha value is -3.35. The molecule has 0 aliphatic heterocycles. The predicted molar refractivity (Wildman–Crippen MR) is 89.1 cm³/mol. The van der Waals surface area contributed by atoms with Crippen LogP contribution in [0.4, 0.5) is 5.69 Å². The van der Waals surface area contributed by atoms with Crippen molar-refractivity contribution in [3.05, 3.63) is 69.9 Å². The fraction of sp³-hybridized carbons (Fsp3) is 0.118. The molecular formula is C17H15N3O4. The number of carbonyl (C=O) groups excluding carboxylic acids is 1. The summed E-state index contributed by atoms with van der Waals surface area (Å²) >= 11 is 0. The molecule has 0 radical (unpaired) electrons. The minimum atomic E-state index is -0.586. The number of benzene rings is 2. The van der Waals surface area contributed by atoms with Gasteiger partial charge in [-0.1, -0.05) is 18.2 Å². The molecule has 2 N–H and O–H groups in total. The van der Waals surface area contributed by atoms with Crippen molar-refractivity contribution in [3.63, 3.8) is 0 Å². The average molecular weight is 325 g/mol. The number of nitro groups is 1. The van der Waals surface area contributed by atoms with E-state index in [9.17, 15) is 14.9 Å². The first kappa shape index (κ1) is 15.5. The lowest BCUT2D eigenvalue weighted by atomic mass is 10.1. The third-order valence-corrected chi connectivity index (χ3v) is 3.67. The van der Waals surface area contributed by atoms with Crippen LogP contribution in [0.25, 0.3) is 10.9 Å². The highest BCUT2D eigenvalue weighted by molar-refractivity contribution is 5.98. The van der Waals surface area contributed by atoms with Crippen molar-refractivity contribution < 1.29 is 14.5 Å². The Morgan fingerprint density at radius 3 is 2.75 bits per heavy atom. The van der Waals surface area contributed by atoms with E-state index in [2.05, 4.69) is 10.3 Å². The van der Waals surface area contributed by atoms with Gasteiger partial charge in [-0.3, -0.25) is 14.9 Å². The topological polar surface area (TPSA) is 97.3 Å². The lowest BCUT2D eigenvalue weighted by Crippen LogP contribution is -2.23. The highest BCUT2D eigenvalue weighted by Gasteiger charge is 2.21. The van der Waals surface area contributed by atoms with Crippen LogP contribution in [0.15, 0.2) is 48.5 Å². The highest BCUT2D eigenvalue weighted by Crippen LogP contribution is 2.24. The summed E-state index contributed by atoms with van der Waals surface area (Å²) in [5.74, 6) is -0.143. The van der Waals surface area contributed by atoms with E-state index in [1.54, 1.807) is 0 Å². The Morgan fingerprint density at radius 2 is 2.04 bits per heavy atom. The molecule has 3 aromatic rings. The number of amides is 1. The highest BCUT2D eigenvalue weighted by atomic mass is 16.6. The van der Waals surface area contributed by atoms with E-state index < -0.39 is 10.8 Å². The van der Waals surface area contributed by atoms with Crippen molar-refractivity contribution in [2.75, 3.05) is 7.11 Å². The molecule has 0 spiro atoms. The van der Waals surface area contributed by atoms with Gasteiger partial charge in [0.25, 0.3) is 11.6 Å². The van der Waals surface area contributed by atoms with Crippen LogP contribution in [0.5, 0.6) is 5.75 Å². The van der Waals surface area contributed by atoms with Gasteiger partial charge in [-0.05, 0) is 29.7 Å². The Morgan fingerprint density at radius 1 is 1.25 bits per heavy atom. The quantitative estimate of drug-likeness (QED) is 0.556. The summed E-state index contributed by atoms with van der Waals surface area (Å²) in [5, 5.41) is 14.8. The number of para-hydroxylation sites is 1. The van der Waals surface area contributed by atoms with Crippen LogP contribution in [0, 0.1) is 10.1 Å². The Kier molecular flexibility index (Phi) is 4.15. The lowest BCUT2D eigenvalue weighted by molar-refractivity contribution is -0.385. The number of nitrogens with one attached hydrogen (secondary N) is 2. The molecule has 7 heteroatoms. The van der Waals surface area contributed by atoms with Crippen molar-refractivity contribution >= 4 is 22.5 Å². The molecule has 0 saturated heterocycles. The van der Waals surface area contributed by atoms with E-state index >= 15 is 0 Å². The number of aromatic nitrogens is 1. The first-order chi connectivity index (χ1) is 11.6. The van der Waals surface area contributed by atoms with E-state index in [1.807, 2.05) is 30.3 Å². The number of H-pyrrole nitrogens is 1. The smallest absolute Gasteiger partial charge is 0.282 e. The van der Waals surface area contributed by atoms with Crippen molar-refractivity contribution in [1.82, 2.24) is 10.3 Å². The minimum Gasteiger partial charge on any atom is -0.497 e. The van der Waals surface area contributed by atoms with Gasteiger partial charge in [0.2, 0.25) is 0 Å². The standard InChI is InChI=1S/C17H15N3O4/c1-24-13-6-7-16(20(22)23)14(9-13)17(21)18-10-12-8-11-4-2-3-5-15(11)19-12/h2-9,19H,10H2,1H3,(H,18,21). The van der Waals surface area contributed by atoms with Crippen LogP contribution < -0.4 is 10.1 Å². The van der Waals surface area contributed by atoms with E-state index in [4.69, 9.17) is 4.74 Å². The summed E-state index contributed by atoms with van der Waals surface area (Å²) in [5.41, 5.74) is 1.49. The molecule has 0 fully saturated rings. The molecule has 7 nitrogen and oxygen atoms in total. The average Bonchev–Trinajstić information content (AvgIpc) is 3.01. The zero-order valence-electron chi connectivity index (χ0n) is 12.9. The molecule has 0 aliphatic carbocycles. The Balaban J connectivity index is 1.80. The van der Waals surface area contributed by atoms with Gasteiger partial charge >= 0.3 is 0 Å². The van der Waals surface area contributed by atoms with Gasteiger partial charge in [0.15, 0.2) is 0 Å². The largest absolute Gasteiger partial charge is 0.497 e. The maximum absolute atomic E-state index is 12.3. The summed E-state index contributed by atoms with van der Waals surface area (Å²) < 4.78 is 5.03. The number of nitrogens with zero attached hydrogens (tertiary/aromatic N) is 1. The van der Waals surface area contributed by atoms with E-state index in [1.165, 1.54) is 25.3 Å². The molecule has 1 heterocycles. The van der Waals surface area contributed by atoms with Gasteiger partial charge < -0.3 is 15.0 Å². The zero-order chi connectivity index (χ0) is 17.1. The summed E-state index contributed by atoms with van der Waals surface area (Å²) in [6, 6.07) is 13.7. The molecule has 0 atom stereocenters. The van der Waals surface area contributed by atoms with Gasteiger partial charge in [0.1, 0.15) is 11.3 Å². The van der Waals surface area contributed by atoms with Crippen LogP contribution in [-0.2, 0) is 6.54 Å². The van der Waals surface area contributed by atoms with E-state index in [0.29, 0.717) is 5.75 Å². The molecule has 1 amide bonds. The van der Waals surface area contributed by atoms with Gasteiger partial charge in [-0.25, -0.2) is 0 Å². The molecule has 24 heavy (non-hydrogen) atoms. The normalized spacial score (nSPS) is 10.5. The number of methoxy groups -OCH3 is 1. The number of hydrogen-bond donors (Lipinski definition) is 2. The molecule has 122 valence electrons. The fourth-order valence-corrected chi connectivity index (χ4v) is 2.48. The van der Waals surface area contributed by atoms with Gasteiger partial charge in [0.05, 0.1) is 18.6 Å². The van der Waals surface area contributed by atoms with Gasteiger partial charge in [0, 0.05) is 17.3 Å². The predicted octanol–water partition coefficient (Wildman–Crippen LogP) is 3.01. The molecule has 0 saturated carbocycles. The molecule has 0 unspecified atom stereocenters. The number of nitro benzene ring substituents is 1. The second kappa shape index (κ2) is 6.41. The Bertz CT molecular complexity index is 884. The maximum atomic E-state index is 12.3. The maximum Gasteiger partial charge on any atom is 0.282 e. The second-order valence-electron chi connectivity index (χ2n) is 5.20. The van der Waals surface area contributed by atoms with Crippen LogP contribution in [-0.4, -0.2) is 22.9 Å². The van der Waals surface area contributed by atoms with Crippen molar-refractivity contribution in [3.8, 4) is 5.75 Å². The van der Waals surface area contributed by atoms with Crippen molar-refractivity contribution in [2.24, 2.45) is 0 Å². The van der Waals surface area contributed by atoms with Crippen molar-refractivity contribution in [2.45, 2.75) is 6.54 Å². The van der Waals surface area contributed by atoms with Gasteiger partial charge in [-0.2, -0.15) is 0 Å².